The summed E-state index contributed by atoms with van der Waals surface area (Å²) in [4.78, 5) is 0. The Hall–Kier alpha value is -0.0800. The van der Waals surface area contributed by atoms with Crippen molar-refractivity contribution in [3.63, 3.8) is 0 Å². The first-order chi connectivity index (χ1) is 4.47. The van der Waals surface area contributed by atoms with Crippen LogP contribution in [0.4, 0.5) is 0 Å². The van der Waals surface area contributed by atoms with E-state index in [1.165, 1.54) is 19.4 Å². The van der Waals surface area contributed by atoms with Gasteiger partial charge in [0, 0.05) is 13.2 Å². The summed E-state index contributed by atoms with van der Waals surface area (Å²) >= 11 is 0. The van der Waals surface area contributed by atoms with Crippen molar-refractivity contribution < 1.29 is 4.74 Å². The lowest BCUT2D eigenvalue weighted by molar-refractivity contribution is 0.0763. The molecule has 2 unspecified atom stereocenters. The largest absolute Gasteiger partial charge is 0.377 e. The summed E-state index contributed by atoms with van der Waals surface area (Å²) in [5.41, 5.74) is 0. The number of ether oxygens (including phenoxy) is 1. The lowest BCUT2D eigenvalue weighted by Gasteiger charge is -2.24. The van der Waals surface area contributed by atoms with Gasteiger partial charge in [-0.2, -0.15) is 0 Å². The number of rotatable bonds is 0. The van der Waals surface area contributed by atoms with Crippen LogP contribution in [0.2, 0.25) is 0 Å². The Labute approximate surface area is 55.6 Å². The zero-order valence-electron chi connectivity index (χ0n) is 5.60. The minimum Gasteiger partial charge on any atom is -0.377 e. The molecule has 52 valence electrons. The highest BCUT2D eigenvalue weighted by Gasteiger charge is 2.29. The first kappa shape index (κ1) is 5.69. The van der Waals surface area contributed by atoms with E-state index in [0.29, 0.717) is 6.10 Å². The van der Waals surface area contributed by atoms with Crippen LogP contribution in [0.15, 0.2) is 0 Å². The Bertz CT molecular complexity index is 93.1. The second kappa shape index (κ2) is 2.27. The van der Waals surface area contributed by atoms with Gasteiger partial charge < -0.3 is 10.1 Å². The number of hydrogen-bond donors (Lipinski definition) is 1. The molecule has 9 heavy (non-hydrogen) atoms. The summed E-state index contributed by atoms with van der Waals surface area (Å²) in [5.74, 6) is 0.881. The van der Waals surface area contributed by atoms with Crippen LogP contribution in [0.3, 0.4) is 0 Å². The molecule has 2 fully saturated rings. The van der Waals surface area contributed by atoms with Gasteiger partial charge >= 0.3 is 0 Å². The van der Waals surface area contributed by atoms with E-state index in [4.69, 9.17) is 4.74 Å². The van der Waals surface area contributed by atoms with E-state index in [1.807, 2.05) is 0 Å². The second-order valence-electron chi connectivity index (χ2n) is 2.95. The second-order valence-corrected chi connectivity index (χ2v) is 2.95. The monoisotopic (exact) mass is 127 g/mol. The van der Waals surface area contributed by atoms with Crippen molar-refractivity contribution in [1.82, 2.24) is 5.32 Å². The standard InChI is InChI=1S/C7H13NO/c1-3-8-5-7-6(1)2-4-9-7/h6-8H,1-5H2. The number of piperidine rings is 1. The van der Waals surface area contributed by atoms with Crippen LogP contribution in [-0.4, -0.2) is 25.8 Å². The van der Waals surface area contributed by atoms with Crippen molar-refractivity contribution >= 4 is 0 Å². The average Bonchev–Trinajstić information content (AvgIpc) is 2.33. The zero-order chi connectivity index (χ0) is 6.10. The normalized spacial score (nSPS) is 42.7. The summed E-state index contributed by atoms with van der Waals surface area (Å²) < 4.78 is 5.49. The Kier molecular flexibility index (Phi) is 1.44. The molecule has 0 bridgehead atoms. The van der Waals surface area contributed by atoms with Gasteiger partial charge in [-0.3, -0.25) is 0 Å². The zero-order valence-corrected chi connectivity index (χ0v) is 5.60. The predicted molar refractivity (Wildman–Crippen MR) is 35.3 cm³/mol. The van der Waals surface area contributed by atoms with E-state index in [2.05, 4.69) is 5.32 Å². The van der Waals surface area contributed by atoms with Crippen LogP contribution < -0.4 is 5.32 Å². The van der Waals surface area contributed by atoms with Gasteiger partial charge in [-0.25, -0.2) is 0 Å². The fraction of sp³-hybridized carbons (Fsp3) is 1.00. The number of nitrogens with one attached hydrogen (secondary N) is 1. The van der Waals surface area contributed by atoms with E-state index < -0.39 is 0 Å². The Balaban J connectivity index is 1.97. The van der Waals surface area contributed by atoms with E-state index in [9.17, 15) is 0 Å². The summed E-state index contributed by atoms with van der Waals surface area (Å²) in [7, 11) is 0. The van der Waals surface area contributed by atoms with Crippen LogP contribution in [-0.2, 0) is 4.74 Å². The first-order valence-electron chi connectivity index (χ1n) is 3.79. The van der Waals surface area contributed by atoms with E-state index in [-0.39, 0.29) is 0 Å². The Morgan fingerprint density at radius 1 is 1.33 bits per heavy atom. The lowest BCUT2D eigenvalue weighted by Crippen LogP contribution is -2.38. The molecule has 0 aromatic heterocycles. The molecule has 0 saturated carbocycles. The van der Waals surface area contributed by atoms with Crippen LogP contribution in [0.5, 0.6) is 0 Å². The molecule has 2 heteroatoms. The Morgan fingerprint density at radius 3 is 3.22 bits per heavy atom. The molecule has 2 aliphatic heterocycles. The summed E-state index contributed by atoms with van der Waals surface area (Å²) in [6.45, 7) is 3.28. The summed E-state index contributed by atoms with van der Waals surface area (Å²) in [6.07, 6.45) is 3.18. The van der Waals surface area contributed by atoms with Gasteiger partial charge in [0.05, 0.1) is 6.10 Å². The number of fused-ring (bicyclic) bond motifs is 1. The van der Waals surface area contributed by atoms with Gasteiger partial charge in [-0.15, -0.1) is 0 Å². The third kappa shape index (κ3) is 0.970. The van der Waals surface area contributed by atoms with Crippen LogP contribution in [0.1, 0.15) is 12.8 Å². The maximum atomic E-state index is 5.49. The topological polar surface area (TPSA) is 21.3 Å². The molecule has 2 aliphatic rings. The van der Waals surface area contributed by atoms with Crippen molar-refractivity contribution in [3.8, 4) is 0 Å². The maximum Gasteiger partial charge on any atom is 0.0728 e. The number of hydrogen-bond acceptors (Lipinski definition) is 2. The van der Waals surface area contributed by atoms with Crippen LogP contribution in [0.25, 0.3) is 0 Å². The van der Waals surface area contributed by atoms with Crippen molar-refractivity contribution in [2.45, 2.75) is 18.9 Å². The summed E-state index contributed by atoms with van der Waals surface area (Å²) in [5, 5.41) is 3.33. The minimum atomic E-state index is 0.554. The average molecular weight is 127 g/mol. The molecule has 1 N–H and O–H groups in total. The highest BCUT2D eigenvalue weighted by molar-refractivity contribution is 4.82. The lowest BCUT2D eigenvalue weighted by atomic mass is 9.95. The van der Waals surface area contributed by atoms with Crippen molar-refractivity contribution in [2.75, 3.05) is 19.7 Å². The van der Waals surface area contributed by atoms with Gasteiger partial charge in [0.25, 0.3) is 0 Å². The molecule has 2 nitrogen and oxygen atoms in total. The van der Waals surface area contributed by atoms with Crippen LogP contribution >= 0.6 is 0 Å². The smallest absolute Gasteiger partial charge is 0.0728 e. The van der Waals surface area contributed by atoms with Crippen molar-refractivity contribution in [3.05, 3.63) is 0 Å². The van der Waals surface area contributed by atoms with Crippen molar-refractivity contribution in [1.29, 1.82) is 0 Å². The third-order valence-electron chi connectivity index (χ3n) is 2.38. The quantitative estimate of drug-likeness (QED) is 0.508. The molecule has 2 saturated heterocycles. The minimum absolute atomic E-state index is 0.554. The highest BCUT2D eigenvalue weighted by atomic mass is 16.5. The molecule has 0 aromatic carbocycles. The molecule has 2 heterocycles. The van der Waals surface area contributed by atoms with Gasteiger partial charge in [0.1, 0.15) is 0 Å². The van der Waals surface area contributed by atoms with Crippen LogP contribution in [0, 0.1) is 5.92 Å². The molecule has 0 aromatic rings. The van der Waals surface area contributed by atoms with E-state index in [0.717, 1.165) is 19.1 Å². The molecule has 0 aliphatic carbocycles. The fourth-order valence-corrected chi connectivity index (χ4v) is 1.78. The van der Waals surface area contributed by atoms with E-state index >= 15 is 0 Å². The SMILES string of the molecule is C1CC2CCOC2CN1. The molecule has 0 amide bonds. The van der Waals surface area contributed by atoms with Gasteiger partial charge in [0.2, 0.25) is 0 Å². The third-order valence-corrected chi connectivity index (χ3v) is 2.38. The van der Waals surface area contributed by atoms with Gasteiger partial charge in [-0.1, -0.05) is 0 Å². The molecule has 0 radical (unpaired) electrons. The highest BCUT2D eigenvalue weighted by Crippen LogP contribution is 2.25. The predicted octanol–water partition coefficient (Wildman–Crippen LogP) is 0.385. The van der Waals surface area contributed by atoms with Crippen molar-refractivity contribution in [2.24, 2.45) is 5.92 Å². The molecule has 2 atom stereocenters. The summed E-state index contributed by atoms with van der Waals surface area (Å²) in [6, 6.07) is 0. The molecule has 2 rings (SSSR count). The molecular formula is C7H13NO. The molecular weight excluding hydrogens is 114 g/mol. The molecule has 0 spiro atoms. The fourth-order valence-electron chi connectivity index (χ4n) is 1.78. The Morgan fingerprint density at radius 2 is 2.33 bits per heavy atom. The van der Waals surface area contributed by atoms with E-state index in [1.54, 1.807) is 0 Å². The van der Waals surface area contributed by atoms with Gasteiger partial charge in [-0.05, 0) is 25.3 Å². The first-order valence-corrected chi connectivity index (χ1v) is 3.79. The maximum absolute atomic E-state index is 5.49. The van der Waals surface area contributed by atoms with Gasteiger partial charge in [0.15, 0.2) is 0 Å².